The van der Waals surface area contributed by atoms with Crippen LogP contribution in [0.4, 0.5) is 4.39 Å². The molecule has 0 spiro atoms. The van der Waals surface area contributed by atoms with E-state index in [0.717, 1.165) is 25.9 Å². The molecule has 0 aromatic heterocycles. The Morgan fingerprint density at radius 2 is 2.11 bits per heavy atom. The maximum atomic E-state index is 14.1. The van der Waals surface area contributed by atoms with Crippen molar-refractivity contribution < 1.29 is 13.9 Å². The summed E-state index contributed by atoms with van der Waals surface area (Å²) in [5.74, 6) is 1.05. The van der Waals surface area contributed by atoms with E-state index >= 15 is 0 Å². The quantitative estimate of drug-likeness (QED) is 0.897. The summed E-state index contributed by atoms with van der Waals surface area (Å²) in [5, 5.41) is 3.35. The molecule has 3 rings (SSSR count). The highest BCUT2D eigenvalue weighted by atomic mass is 35.5. The lowest BCUT2D eigenvalue weighted by Gasteiger charge is -2.23. The van der Waals surface area contributed by atoms with E-state index in [1.165, 1.54) is 0 Å². The minimum absolute atomic E-state index is 0.0499. The summed E-state index contributed by atoms with van der Waals surface area (Å²) < 4.78 is 24.6. The summed E-state index contributed by atoms with van der Waals surface area (Å²) in [4.78, 5) is 0. The molecule has 2 heterocycles. The van der Waals surface area contributed by atoms with Crippen molar-refractivity contribution in [2.24, 2.45) is 5.92 Å². The molecule has 2 aliphatic rings. The van der Waals surface area contributed by atoms with Crippen molar-refractivity contribution in [1.29, 1.82) is 0 Å². The highest BCUT2D eigenvalue weighted by Gasteiger charge is 2.25. The van der Waals surface area contributed by atoms with Gasteiger partial charge < -0.3 is 14.8 Å². The maximum Gasteiger partial charge on any atom is 0.231 e. The van der Waals surface area contributed by atoms with Gasteiger partial charge >= 0.3 is 0 Å². The molecule has 0 saturated carbocycles. The van der Waals surface area contributed by atoms with E-state index < -0.39 is 0 Å². The van der Waals surface area contributed by atoms with Gasteiger partial charge in [0, 0.05) is 0 Å². The highest BCUT2D eigenvalue weighted by Crippen LogP contribution is 2.42. The summed E-state index contributed by atoms with van der Waals surface area (Å²) in [5.41, 5.74) is 0.635. The lowest BCUT2D eigenvalue weighted by atomic mass is 9.90. The molecule has 1 N–H and O–H groups in total. The number of ether oxygens (including phenoxy) is 2. The molecule has 1 fully saturated rings. The summed E-state index contributed by atoms with van der Waals surface area (Å²) in [6.45, 7) is 2.13. The van der Waals surface area contributed by atoms with Crippen LogP contribution in [-0.4, -0.2) is 19.9 Å². The zero-order valence-corrected chi connectivity index (χ0v) is 10.7. The number of piperidine rings is 1. The molecule has 3 nitrogen and oxygen atoms in total. The molecule has 98 valence electrons. The fourth-order valence-electron chi connectivity index (χ4n) is 2.57. The number of nitrogens with one attached hydrogen (secondary N) is 1. The Labute approximate surface area is 110 Å². The smallest absolute Gasteiger partial charge is 0.231 e. The molecular weight excluding hydrogens is 257 g/mol. The van der Waals surface area contributed by atoms with Crippen molar-refractivity contribution >= 4 is 11.6 Å². The first-order valence-electron chi connectivity index (χ1n) is 6.23. The molecule has 0 unspecified atom stereocenters. The summed E-state index contributed by atoms with van der Waals surface area (Å²) in [7, 11) is 0. The van der Waals surface area contributed by atoms with E-state index in [1.54, 1.807) is 6.07 Å². The van der Waals surface area contributed by atoms with E-state index in [4.69, 9.17) is 21.1 Å². The first-order chi connectivity index (χ1) is 8.75. The average molecular weight is 272 g/mol. The van der Waals surface area contributed by atoms with Crippen LogP contribution >= 0.6 is 11.6 Å². The lowest BCUT2D eigenvalue weighted by molar-refractivity contribution is 0.174. The number of hydrogen-bond donors (Lipinski definition) is 1. The summed E-state index contributed by atoms with van der Waals surface area (Å²) in [6, 6.07) is 1.73. The normalized spacial score (nSPS) is 19.2. The number of halogens is 2. The van der Waals surface area contributed by atoms with Crippen LogP contribution in [0.15, 0.2) is 6.07 Å². The van der Waals surface area contributed by atoms with Crippen LogP contribution in [0.1, 0.15) is 18.4 Å². The van der Waals surface area contributed by atoms with Gasteiger partial charge in [-0.15, -0.1) is 0 Å². The van der Waals surface area contributed by atoms with Gasteiger partial charge in [-0.1, -0.05) is 11.6 Å². The third-order valence-corrected chi connectivity index (χ3v) is 3.93. The van der Waals surface area contributed by atoms with Crippen LogP contribution in [0, 0.1) is 11.7 Å². The number of rotatable bonds is 2. The van der Waals surface area contributed by atoms with Crippen LogP contribution in [-0.2, 0) is 6.42 Å². The van der Waals surface area contributed by atoms with Crippen molar-refractivity contribution in [2.45, 2.75) is 19.3 Å². The Kier molecular flexibility index (Phi) is 3.31. The standard InChI is InChI=1S/C13H15ClFNO2/c14-11-12(15)9(5-8-1-3-16-4-2-8)6-10-13(11)18-7-17-10/h6,8,16H,1-5,7H2. The topological polar surface area (TPSA) is 30.5 Å². The average Bonchev–Trinajstić information content (AvgIpc) is 2.85. The van der Waals surface area contributed by atoms with Crippen LogP contribution in [0.3, 0.4) is 0 Å². The Balaban J connectivity index is 1.85. The Morgan fingerprint density at radius 1 is 1.33 bits per heavy atom. The molecule has 0 atom stereocenters. The predicted octanol–water partition coefficient (Wildman–Crippen LogP) is 2.75. The fraction of sp³-hybridized carbons (Fsp3) is 0.538. The first kappa shape index (κ1) is 12.1. The zero-order valence-electron chi connectivity index (χ0n) is 9.97. The number of benzene rings is 1. The SMILES string of the molecule is Fc1c(CC2CCNCC2)cc2c(c1Cl)OCO2. The van der Waals surface area contributed by atoms with E-state index in [2.05, 4.69) is 5.32 Å². The molecule has 5 heteroatoms. The van der Waals surface area contributed by atoms with Crippen LogP contribution in [0.25, 0.3) is 0 Å². The van der Waals surface area contributed by atoms with Gasteiger partial charge in [0.2, 0.25) is 6.79 Å². The Morgan fingerprint density at radius 3 is 2.89 bits per heavy atom. The van der Waals surface area contributed by atoms with Crippen molar-refractivity contribution in [3.63, 3.8) is 0 Å². The Hall–Kier alpha value is -1.00. The molecular formula is C13H15ClFNO2. The molecule has 0 bridgehead atoms. The van der Waals surface area contributed by atoms with Crippen LogP contribution in [0.5, 0.6) is 11.5 Å². The van der Waals surface area contributed by atoms with Crippen molar-refractivity contribution in [1.82, 2.24) is 5.32 Å². The second kappa shape index (κ2) is 4.94. The third-order valence-electron chi connectivity index (χ3n) is 3.59. The van der Waals surface area contributed by atoms with Gasteiger partial charge in [-0.2, -0.15) is 0 Å². The second-order valence-electron chi connectivity index (χ2n) is 4.79. The molecule has 0 amide bonds. The molecule has 1 aromatic carbocycles. The van der Waals surface area contributed by atoms with Gasteiger partial charge in [-0.25, -0.2) is 4.39 Å². The molecule has 2 aliphatic heterocycles. The lowest BCUT2D eigenvalue weighted by Crippen LogP contribution is -2.28. The van der Waals surface area contributed by atoms with Crippen molar-refractivity contribution in [3.8, 4) is 11.5 Å². The second-order valence-corrected chi connectivity index (χ2v) is 5.17. The largest absolute Gasteiger partial charge is 0.454 e. The van der Waals surface area contributed by atoms with Crippen molar-refractivity contribution in [2.75, 3.05) is 19.9 Å². The zero-order chi connectivity index (χ0) is 12.5. The van der Waals surface area contributed by atoms with Gasteiger partial charge in [0.1, 0.15) is 10.8 Å². The molecule has 0 aliphatic carbocycles. The Bertz CT molecular complexity index is 461. The minimum Gasteiger partial charge on any atom is -0.454 e. The highest BCUT2D eigenvalue weighted by molar-refractivity contribution is 6.32. The summed E-state index contributed by atoms with van der Waals surface area (Å²) in [6.07, 6.45) is 2.86. The van der Waals surface area contributed by atoms with E-state index in [9.17, 15) is 4.39 Å². The number of fused-ring (bicyclic) bond motifs is 1. The van der Waals surface area contributed by atoms with Crippen LogP contribution in [0.2, 0.25) is 5.02 Å². The number of hydrogen-bond acceptors (Lipinski definition) is 3. The summed E-state index contributed by atoms with van der Waals surface area (Å²) >= 11 is 5.97. The maximum absolute atomic E-state index is 14.1. The fourth-order valence-corrected chi connectivity index (χ4v) is 2.84. The van der Waals surface area contributed by atoms with E-state index in [-0.39, 0.29) is 17.6 Å². The van der Waals surface area contributed by atoms with Gasteiger partial charge in [0.05, 0.1) is 0 Å². The van der Waals surface area contributed by atoms with Gasteiger partial charge in [-0.05, 0) is 49.9 Å². The van der Waals surface area contributed by atoms with Crippen molar-refractivity contribution in [3.05, 3.63) is 22.5 Å². The van der Waals surface area contributed by atoms with Gasteiger partial charge in [0.25, 0.3) is 0 Å². The predicted molar refractivity (Wildman–Crippen MR) is 66.8 cm³/mol. The minimum atomic E-state index is -0.362. The molecule has 1 saturated heterocycles. The van der Waals surface area contributed by atoms with Gasteiger partial charge in [0.15, 0.2) is 11.5 Å². The van der Waals surface area contributed by atoms with E-state index in [1.807, 2.05) is 0 Å². The van der Waals surface area contributed by atoms with Gasteiger partial charge in [-0.3, -0.25) is 0 Å². The molecule has 1 aromatic rings. The van der Waals surface area contributed by atoms with Crippen LogP contribution < -0.4 is 14.8 Å². The van der Waals surface area contributed by atoms with E-state index in [0.29, 0.717) is 29.4 Å². The first-order valence-corrected chi connectivity index (χ1v) is 6.60. The molecule has 0 radical (unpaired) electrons. The molecule has 18 heavy (non-hydrogen) atoms. The third kappa shape index (κ3) is 2.15. The monoisotopic (exact) mass is 271 g/mol.